The van der Waals surface area contributed by atoms with Gasteiger partial charge in [0.1, 0.15) is 0 Å². The van der Waals surface area contributed by atoms with E-state index < -0.39 is 11.9 Å². The third-order valence-corrected chi connectivity index (χ3v) is 3.19. The van der Waals surface area contributed by atoms with Crippen molar-refractivity contribution in [2.75, 3.05) is 5.32 Å². The Morgan fingerprint density at radius 1 is 1.17 bits per heavy atom. The highest BCUT2D eigenvalue weighted by atomic mass is 79.9. The topological polar surface area (TPSA) is 126 Å². The van der Waals surface area contributed by atoms with E-state index in [0.717, 1.165) is 0 Å². The van der Waals surface area contributed by atoms with Gasteiger partial charge in [0, 0.05) is 5.69 Å². The molecule has 0 atom stereocenters. The molecule has 9 heteroatoms. The van der Waals surface area contributed by atoms with E-state index in [2.05, 4.69) is 5.32 Å². The Balaban J connectivity index is 0.00000288. The van der Waals surface area contributed by atoms with Gasteiger partial charge in [0.25, 0.3) is 0 Å². The van der Waals surface area contributed by atoms with Gasteiger partial charge >= 0.3 is 11.9 Å². The van der Waals surface area contributed by atoms with E-state index in [4.69, 9.17) is 32.6 Å². The molecule has 0 unspecified atom stereocenters. The van der Waals surface area contributed by atoms with Crippen molar-refractivity contribution in [2.24, 2.45) is 5.73 Å². The van der Waals surface area contributed by atoms with Gasteiger partial charge in [-0.3, -0.25) is 5.41 Å². The number of carboxylic acids is 1. The van der Waals surface area contributed by atoms with Gasteiger partial charge < -0.3 is 20.9 Å². The van der Waals surface area contributed by atoms with Crippen LogP contribution in [0.15, 0.2) is 42.5 Å². The van der Waals surface area contributed by atoms with Gasteiger partial charge in [0.15, 0.2) is 11.7 Å². The van der Waals surface area contributed by atoms with Crippen LogP contribution >= 0.6 is 28.6 Å². The number of carbonyl (C=O) groups excluding carboxylic acids is 1. The molecule has 0 aliphatic heterocycles. The Labute approximate surface area is 152 Å². The van der Waals surface area contributed by atoms with Crippen LogP contribution in [0.3, 0.4) is 0 Å². The largest absolute Gasteiger partial charge is 0.478 e. The Morgan fingerprint density at radius 3 is 2.33 bits per heavy atom. The minimum Gasteiger partial charge on any atom is -0.478 e. The molecule has 0 aliphatic carbocycles. The van der Waals surface area contributed by atoms with Gasteiger partial charge in [-0.2, -0.15) is 0 Å². The first kappa shape index (κ1) is 19.5. The maximum atomic E-state index is 12.1. The molecule has 0 radical (unpaired) electrons. The van der Waals surface area contributed by atoms with Gasteiger partial charge in [-0.25, -0.2) is 9.59 Å². The van der Waals surface area contributed by atoms with E-state index in [9.17, 15) is 9.59 Å². The first-order valence-electron chi connectivity index (χ1n) is 6.33. The first-order chi connectivity index (χ1) is 10.9. The van der Waals surface area contributed by atoms with Gasteiger partial charge in [0.2, 0.25) is 0 Å². The number of anilines is 1. The lowest BCUT2D eigenvalue weighted by Crippen LogP contribution is -2.20. The summed E-state index contributed by atoms with van der Waals surface area (Å²) in [7, 11) is 0. The van der Waals surface area contributed by atoms with Crippen LogP contribution < -0.4 is 15.8 Å². The van der Waals surface area contributed by atoms with Crippen LogP contribution in [0.4, 0.5) is 5.69 Å². The molecule has 0 aliphatic rings. The minimum absolute atomic E-state index is 0. The summed E-state index contributed by atoms with van der Waals surface area (Å²) in [6.45, 7) is 0. The monoisotopic (exact) mass is 413 g/mol. The number of hydrogen-bond donors (Lipinski definition) is 4. The van der Waals surface area contributed by atoms with E-state index in [1.165, 1.54) is 30.3 Å². The number of guanidine groups is 1. The zero-order chi connectivity index (χ0) is 17.0. The SMILES string of the molecule is Br.N=C(N)Nc1ccc(C(=O)Oc2cccc(C(=O)O)c2Cl)cc1. The maximum absolute atomic E-state index is 12.1. The molecular formula is C15H13BrClN3O4. The fraction of sp³-hybridized carbons (Fsp3) is 0. The molecule has 126 valence electrons. The average Bonchev–Trinajstić information content (AvgIpc) is 2.49. The summed E-state index contributed by atoms with van der Waals surface area (Å²) in [5, 5.41) is 18.5. The molecule has 2 aromatic rings. The third-order valence-electron chi connectivity index (χ3n) is 2.80. The van der Waals surface area contributed by atoms with E-state index in [1.807, 2.05) is 0 Å². The number of halogens is 2. The number of ether oxygens (including phenoxy) is 1. The first-order valence-corrected chi connectivity index (χ1v) is 6.71. The molecule has 0 spiro atoms. The van der Waals surface area contributed by atoms with Crippen molar-refractivity contribution < 1.29 is 19.4 Å². The molecule has 2 rings (SSSR count). The summed E-state index contributed by atoms with van der Waals surface area (Å²) in [4.78, 5) is 23.1. The lowest BCUT2D eigenvalue weighted by molar-refractivity contribution is 0.0688. The van der Waals surface area contributed by atoms with Crippen LogP contribution in [-0.2, 0) is 0 Å². The second-order valence-electron chi connectivity index (χ2n) is 4.43. The van der Waals surface area contributed by atoms with Crippen LogP contribution in [0.1, 0.15) is 20.7 Å². The second kappa shape index (κ2) is 8.32. The third kappa shape index (κ3) is 4.71. The molecule has 0 saturated heterocycles. The molecule has 0 aromatic heterocycles. The summed E-state index contributed by atoms with van der Waals surface area (Å²) in [6, 6.07) is 10.2. The minimum atomic E-state index is -1.22. The van der Waals surface area contributed by atoms with Crippen LogP contribution in [0.25, 0.3) is 0 Å². The molecule has 2 aromatic carbocycles. The smallest absolute Gasteiger partial charge is 0.343 e. The summed E-state index contributed by atoms with van der Waals surface area (Å²) in [5.74, 6) is -2.17. The highest BCUT2D eigenvalue weighted by Crippen LogP contribution is 2.28. The number of nitrogens with two attached hydrogens (primary N) is 1. The molecule has 0 bridgehead atoms. The Morgan fingerprint density at radius 2 is 1.79 bits per heavy atom. The molecule has 0 amide bonds. The number of rotatable bonds is 4. The van der Waals surface area contributed by atoms with Crippen LogP contribution in [0.2, 0.25) is 5.02 Å². The quantitative estimate of drug-likeness (QED) is 0.263. The Bertz CT molecular complexity index is 781. The zero-order valence-electron chi connectivity index (χ0n) is 12.1. The molecule has 7 nitrogen and oxygen atoms in total. The standard InChI is InChI=1S/C15H12ClN3O4.BrH/c16-12-10(13(20)21)2-1-3-11(12)23-14(22)8-4-6-9(7-5-8)19-15(17)18;/h1-7H,(H,20,21)(H4,17,18,19);1H. The van der Waals surface area contributed by atoms with Gasteiger partial charge in [-0.15, -0.1) is 17.0 Å². The van der Waals surface area contributed by atoms with E-state index in [0.29, 0.717) is 5.69 Å². The molecular weight excluding hydrogens is 402 g/mol. The molecule has 0 fully saturated rings. The fourth-order valence-electron chi connectivity index (χ4n) is 1.76. The summed E-state index contributed by atoms with van der Waals surface area (Å²) < 4.78 is 5.12. The molecule has 0 saturated carbocycles. The average molecular weight is 415 g/mol. The number of benzene rings is 2. The van der Waals surface area contributed by atoms with E-state index in [-0.39, 0.29) is 44.8 Å². The van der Waals surface area contributed by atoms with Crippen molar-refractivity contribution in [3.05, 3.63) is 58.6 Å². The van der Waals surface area contributed by atoms with Crippen molar-refractivity contribution >= 4 is 52.2 Å². The van der Waals surface area contributed by atoms with Crippen molar-refractivity contribution in [3.63, 3.8) is 0 Å². The number of carbonyl (C=O) groups is 2. The van der Waals surface area contributed by atoms with Gasteiger partial charge in [-0.05, 0) is 36.4 Å². The van der Waals surface area contributed by atoms with Crippen LogP contribution in [0, 0.1) is 5.41 Å². The molecule has 24 heavy (non-hydrogen) atoms. The summed E-state index contributed by atoms with van der Waals surface area (Å²) >= 11 is 5.91. The zero-order valence-corrected chi connectivity index (χ0v) is 14.5. The lowest BCUT2D eigenvalue weighted by Gasteiger charge is -2.09. The number of hydrogen-bond acceptors (Lipinski definition) is 4. The second-order valence-corrected chi connectivity index (χ2v) is 4.81. The predicted octanol–water partition coefficient (Wildman–Crippen LogP) is 3.14. The summed E-state index contributed by atoms with van der Waals surface area (Å²) in [5.41, 5.74) is 5.82. The highest BCUT2D eigenvalue weighted by Gasteiger charge is 2.16. The van der Waals surface area contributed by atoms with E-state index >= 15 is 0 Å². The van der Waals surface area contributed by atoms with E-state index in [1.54, 1.807) is 12.1 Å². The maximum Gasteiger partial charge on any atom is 0.343 e. The molecule has 0 heterocycles. The number of carboxylic acid groups (broad SMARTS) is 1. The van der Waals surface area contributed by atoms with Crippen molar-refractivity contribution in [2.45, 2.75) is 0 Å². The lowest BCUT2D eigenvalue weighted by atomic mass is 10.2. The van der Waals surface area contributed by atoms with Crippen LogP contribution in [-0.4, -0.2) is 23.0 Å². The highest BCUT2D eigenvalue weighted by molar-refractivity contribution is 8.93. The number of nitrogens with one attached hydrogen (secondary N) is 2. The number of esters is 1. The fourth-order valence-corrected chi connectivity index (χ4v) is 2.00. The Kier molecular flexibility index (Phi) is 6.75. The Hall–Kier alpha value is -2.58. The number of aromatic carboxylic acids is 1. The van der Waals surface area contributed by atoms with Crippen molar-refractivity contribution in [3.8, 4) is 5.75 Å². The molecule has 5 N–H and O–H groups in total. The predicted molar refractivity (Wildman–Crippen MR) is 95.7 cm³/mol. The normalized spacial score (nSPS) is 9.54. The van der Waals surface area contributed by atoms with Crippen LogP contribution in [0.5, 0.6) is 5.75 Å². The van der Waals surface area contributed by atoms with Crippen molar-refractivity contribution in [1.29, 1.82) is 5.41 Å². The van der Waals surface area contributed by atoms with Gasteiger partial charge in [0.05, 0.1) is 16.1 Å². The summed E-state index contributed by atoms with van der Waals surface area (Å²) in [6.07, 6.45) is 0. The van der Waals surface area contributed by atoms with Crippen molar-refractivity contribution in [1.82, 2.24) is 0 Å². The van der Waals surface area contributed by atoms with Gasteiger partial charge in [-0.1, -0.05) is 17.7 Å².